The average molecular weight is 236 g/mol. The summed E-state index contributed by atoms with van der Waals surface area (Å²) in [5.41, 5.74) is 5.16. The Labute approximate surface area is 96.9 Å². The number of thiophene rings is 1. The molecule has 2 rings (SSSR count). The Morgan fingerprint density at radius 3 is 3.00 bits per heavy atom. The number of aromatic nitrogens is 2. The van der Waals surface area contributed by atoms with E-state index < -0.39 is 0 Å². The van der Waals surface area contributed by atoms with Gasteiger partial charge in [-0.2, -0.15) is 0 Å². The Hall–Kier alpha value is -1.69. The van der Waals surface area contributed by atoms with E-state index in [2.05, 4.69) is 9.97 Å². The molecule has 0 spiro atoms. The molecule has 5 nitrogen and oxygen atoms in total. The maximum atomic E-state index is 10.9. The third-order valence-corrected chi connectivity index (χ3v) is 3.14. The topological polar surface area (TPSA) is 72.1 Å². The highest BCUT2D eigenvalue weighted by molar-refractivity contribution is 7.18. The Bertz CT molecular complexity index is 537. The van der Waals surface area contributed by atoms with Crippen molar-refractivity contribution >= 4 is 33.3 Å². The highest BCUT2D eigenvalue weighted by Gasteiger charge is 2.12. The summed E-state index contributed by atoms with van der Waals surface area (Å²) in [5.74, 6) is 0.370. The summed E-state index contributed by atoms with van der Waals surface area (Å²) in [6.07, 6.45) is 1.51. The zero-order valence-electron chi connectivity index (χ0n) is 9.10. The molecule has 2 N–H and O–H groups in total. The third-order valence-electron chi connectivity index (χ3n) is 2.19. The lowest BCUT2D eigenvalue weighted by molar-refractivity contribution is -0.116. The van der Waals surface area contributed by atoms with Gasteiger partial charge < -0.3 is 10.6 Å². The number of aryl methyl sites for hydroxylation is 1. The molecule has 0 saturated heterocycles. The van der Waals surface area contributed by atoms with Gasteiger partial charge >= 0.3 is 0 Å². The predicted octanol–water partition coefficient (Wildman–Crippen LogP) is 0.921. The number of hydrogen-bond donors (Lipinski definition) is 1. The van der Waals surface area contributed by atoms with Crippen molar-refractivity contribution in [2.75, 3.05) is 18.5 Å². The summed E-state index contributed by atoms with van der Waals surface area (Å²) in [7, 11) is 1.79. The fourth-order valence-electron chi connectivity index (χ4n) is 1.58. The molecule has 0 aliphatic carbocycles. The molecule has 16 heavy (non-hydrogen) atoms. The molecular formula is C10H12N4OS. The van der Waals surface area contributed by atoms with Crippen molar-refractivity contribution in [2.24, 2.45) is 5.73 Å². The first kappa shape index (κ1) is 10.8. The van der Waals surface area contributed by atoms with Crippen molar-refractivity contribution in [3.8, 4) is 0 Å². The minimum Gasteiger partial charge on any atom is -0.368 e. The number of hydrogen-bond acceptors (Lipinski definition) is 5. The molecule has 1 amide bonds. The summed E-state index contributed by atoms with van der Waals surface area (Å²) in [4.78, 5) is 23.1. The van der Waals surface area contributed by atoms with Crippen LogP contribution in [-0.2, 0) is 4.79 Å². The Morgan fingerprint density at radius 1 is 1.56 bits per heavy atom. The van der Waals surface area contributed by atoms with Crippen molar-refractivity contribution in [3.63, 3.8) is 0 Å². The summed E-state index contributed by atoms with van der Waals surface area (Å²) in [5, 5.41) is 0.966. The smallest absolute Gasteiger partial charge is 0.236 e. The van der Waals surface area contributed by atoms with E-state index in [4.69, 9.17) is 5.73 Å². The minimum absolute atomic E-state index is 0.154. The minimum atomic E-state index is -0.374. The average Bonchev–Trinajstić information content (AvgIpc) is 2.55. The second-order valence-electron chi connectivity index (χ2n) is 3.60. The van der Waals surface area contributed by atoms with Crippen LogP contribution in [0.3, 0.4) is 0 Å². The quantitative estimate of drug-likeness (QED) is 0.860. The van der Waals surface area contributed by atoms with Crippen molar-refractivity contribution in [1.82, 2.24) is 9.97 Å². The number of fused-ring (bicyclic) bond motifs is 1. The summed E-state index contributed by atoms with van der Waals surface area (Å²) in [6.45, 7) is 2.17. The molecule has 2 aromatic heterocycles. The molecule has 0 fully saturated rings. The van der Waals surface area contributed by atoms with Gasteiger partial charge in [-0.1, -0.05) is 0 Å². The Balaban J connectivity index is 2.47. The zero-order chi connectivity index (χ0) is 11.7. The second kappa shape index (κ2) is 4.05. The fourth-order valence-corrected chi connectivity index (χ4v) is 2.42. The van der Waals surface area contributed by atoms with E-state index >= 15 is 0 Å². The highest BCUT2D eigenvalue weighted by atomic mass is 32.1. The third kappa shape index (κ3) is 1.96. The number of carbonyl (C=O) groups is 1. The van der Waals surface area contributed by atoms with Crippen molar-refractivity contribution < 1.29 is 4.79 Å². The molecule has 0 radical (unpaired) electrons. The number of carbonyl (C=O) groups excluding carboxylic acids is 1. The summed E-state index contributed by atoms with van der Waals surface area (Å²) in [6, 6.07) is 2.02. The number of anilines is 1. The van der Waals surface area contributed by atoms with Gasteiger partial charge in [-0.05, 0) is 13.0 Å². The normalized spacial score (nSPS) is 10.6. The Morgan fingerprint density at radius 2 is 2.31 bits per heavy atom. The lowest BCUT2D eigenvalue weighted by Gasteiger charge is -2.16. The van der Waals surface area contributed by atoms with Gasteiger partial charge in [0.25, 0.3) is 0 Å². The molecule has 0 saturated carbocycles. The van der Waals surface area contributed by atoms with Crippen LogP contribution in [0.15, 0.2) is 12.4 Å². The van der Waals surface area contributed by atoms with Gasteiger partial charge in [-0.15, -0.1) is 11.3 Å². The van der Waals surface area contributed by atoms with Gasteiger partial charge in [0.1, 0.15) is 17.0 Å². The van der Waals surface area contributed by atoms with Gasteiger partial charge in [0.2, 0.25) is 5.91 Å². The Kier molecular flexibility index (Phi) is 2.74. The van der Waals surface area contributed by atoms with E-state index in [0.29, 0.717) is 0 Å². The van der Waals surface area contributed by atoms with Crippen LogP contribution in [0.1, 0.15) is 4.88 Å². The van der Waals surface area contributed by atoms with Gasteiger partial charge in [0.15, 0.2) is 0 Å². The first-order valence-corrected chi connectivity index (χ1v) is 5.60. The molecule has 2 aromatic rings. The van der Waals surface area contributed by atoms with Gasteiger partial charge in [-0.25, -0.2) is 9.97 Å². The van der Waals surface area contributed by atoms with E-state index in [-0.39, 0.29) is 12.5 Å². The lowest BCUT2D eigenvalue weighted by atomic mass is 10.3. The highest BCUT2D eigenvalue weighted by Crippen LogP contribution is 2.28. The molecule has 0 unspecified atom stereocenters. The van der Waals surface area contributed by atoms with Crippen LogP contribution in [0.25, 0.3) is 10.2 Å². The van der Waals surface area contributed by atoms with E-state index in [1.54, 1.807) is 23.3 Å². The molecule has 84 valence electrons. The molecule has 0 bridgehead atoms. The molecule has 6 heteroatoms. The number of nitrogens with two attached hydrogens (primary N) is 1. The first-order chi connectivity index (χ1) is 7.58. The van der Waals surface area contributed by atoms with Crippen molar-refractivity contribution in [2.45, 2.75) is 6.92 Å². The van der Waals surface area contributed by atoms with Crippen LogP contribution >= 0.6 is 11.3 Å². The number of amides is 1. The van der Waals surface area contributed by atoms with Crippen LogP contribution in [0.4, 0.5) is 5.82 Å². The van der Waals surface area contributed by atoms with Gasteiger partial charge in [0.05, 0.1) is 11.9 Å². The fraction of sp³-hybridized carbons (Fsp3) is 0.300. The molecule has 0 aromatic carbocycles. The summed E-state index contributed by atoms with van der Waals surface area (Å²) < 4.78 is 0. The summed E-state index contributed by atoms with van der Waals surface area (Å²) >= 11 is 1.61. The van der Waals surface area contributed by atoms with E-state index in [1.165, 1.54) is 11.2 Å². The number of rotatable bonds is 3. The monoisotopic (exact) mass is 236 g/mol. The van der Waals surface area contributed by atoms with Crippen LogP contribution in [-0.4, -0.2) is 29.5 Å². The molecular weight excluding hydrogens is 224 g/mol. The molecule has 0 atom stereocenters. The van der Waals surface area contributed by atoms with Crippen molar-refractivity contribution in [1.29, 1.82) is 0 Å². The predicted molar refractivity (Wildman–Crippen MR) is 64.6 cm³/mol. The SMILES string of the molecule is Cc1cc2c(N(C)CC(N)=O)ncnc2s1. The maximum Gasteiger partial charge on any atom is 0.236 e. The molecule has 2 heterocycles. The van der Waals surface area contributed by atoms with Crippen LogP contribution in [0, 0.1) is 6.92 Å². The number of nitrogens with zero attached hydrogens (tertiary/aromatic N) is 3. The van der Waals surface area contributed by atoms with E-state index in [1.807, 2.05) is 13.0 Å². The number of likely N-dealkylation sites (N-methyl/N-ethyl adjacent to an activating group) is 1. The lowest BCUT2D eigenvalue weighted by Crippen LogP contribution is -2.31. The maximum absolute atomic E-state index is 10.9. The van der Waals surface area contributed by atoms with Gasteiger partial charge in [-0.3, -0.25) is 4.79 Å². The van der Waals surface area contributed by atoms with Crippen LogP contribution in [0.2, 0.25) is 0 Å². The first-order valence-electron chi connectivity index (χ1n) is 4.78. The van der Waals surface area contributed by atoms with Gasteiger partial charge in [0, 0.05) is 11.9 Å². The largest absolute Gasteiger partial charge is 0.368 e. The van der Waals surface area contributed by atoms with E-state index in [0.717, 1.165) is 16.0 Å². The number of primary amides is 1. The van der Waals surface area contributed by atoms with Crippen LogP contribution < -0.4 is 10.6 Å². The second-order valence-corrected chi connectivity index (χ2v) is 4.83. The molecule has 0 aliphatic rings. The molecule has 0 aliphatic heterocycles. The standard InChI is InChI=1S/C10H12N4OS/c1-6-3-7-9(14(2)4-8(11)15)12-5-13-10(7)16-6/h3,5H,4H2,1-2H3,(H2,11,15). The zero-order valence-corrected chi connectivity index (χ0v) is 9.91. The van der Waals surface area contributed by atoms with Crippen LogP contribution in [0.5, 0.6) is 0 Å². The van der Waals surface area contributed by atoms with Crippen molar-refractivity contribution in [3.05, 3.63) is 17.3 Å². The van der Waals surface area contributed by atoms with E-state index in [9.17, 15) is 4.79 Å².